The van der Waals surface area contributed by atoms with Gasteiger partial charge in [0.25, 0.3) is 5.91 Å². The monoisotopic (exact) mass is 438 g/mol. The zero-order valence-corrected chi connectivity index (χ0v) is 18.5. The van der Waals surface area contributed by atoms with Gasteiger partial charge in [0.2, 0.25) is 5.91 Å². The highest BCUT2D eigenvalue weighted by molar-refractivity contribution is 7.17. The highest BCUT2D eigenvalue weighted by atomic mass is 32.1. The molecule has 1 aromatic carbocycles. The number of amides is 2. The number of hydrogen-bond donors (Lipinski definition) is 3. The Bertz CT molecular complexity index is 1080. The minimum atomic E-state index is -0.958. The maximum absolute atomic E-state index is 13.1. The minimum Gasteiger partial charge on any atom is -0.481 e. The highest BCUT2D eigenvalue weighted by Crippen LogP contribution is 2.49. The number of fused-ring (bicyclic) bond motifs is 2. The molecule has 0 saturated heterocycles. The van der Waals surface area contributed by atoms with Crippen LogP contribution in [0.25, 0.3) is 11.1 Å². The summed E-state index contributed by atoms with van der Waals surface area (Å²) in [6.07, 6.45) is 4.51. The summed E-state index contributed by atoms with van der Waals surface area (Å²) in [7, 11) is 0. The Kier molecular flexibility index (Phi) is 5.47. The van der Waals surface area contributed by atoms with Gasteiger partial charge >= 0.3 is 5.97 Å². The first-order valence-electron chi connectivity index (χ1n) is 10.4. The number of nitrogens with one attached hydrogen (secondary N) is 1. The van der Waals surface area contributed by atoms with Gasteiger partial charge < -0.3 is 16.2 Å². The molecule has 2 aliphatic carbocycles. The maximum atomic E-state index is 13.1. The van der Waals surface area contributed by atoms with Crippen LogP contribution in [0.3, 0.4) is 0 Å². The Balaban J connectivity index is 1.67. The zero-order valence-electron chi connectivity index (χ0n) is 17.7. The van der Waals surface area contributed by atoms with E-state index in [-0.39, 0.29) is 23.3 Å². The number of thiophene rings is 1. The Hall–Kier alpha value is -2.93. The van der Waals surface area contributed by atoms with Gasteiger partial charge in [0.1, 0.15) is 5.00 Å². The van der Waals surface area contributed by atoms with Gasteiger partial charge in [-0.3, -0.25) is 14.4 Å². The van der Waals surface area contributed by atoms with Crippen molar-refractivity contribution < 1.29 is 19.5 Å². The number of carbonyl (C=O) groups is 3. The number of carboxylic acids is 1. The van der Waals surface area contributed by atoms with Crippen LogP contribution in [0.15, 0.2) is 36.4 Å². The minimum absolute atomic E-state index is 0.0905. The Morgan fingerprint density at radius 3 is 2.26 bits per heavy atom. The first kappa shape index (κ1) is 21.3. The predicted octanol–water partition coefficient (Wildman–Crippen LogP) is 4.41. The number of nitrogens with two attached hydrogens (primary N) is 1. The standard InChI is InChI=1S/C24H26N2O4S/c1-11(2)13-4-6-14(7-5-13)17-12(3)31-23(20(17)21(25)27)26-22(28)18-15-8-9-16(10-15)19(18)24(29)30/h4-9,11,15-16,18-19H,10H2,1-3H3,(H2,25,27)(H,26,28)(H,29,30)/t15-,16-,18+,19-/m0/s1. The van der Waals surface area contributed by atoms with Gasteiger partial charge in [-0.1, -0.05) is 50.3 Å². The molecular formula is C24H26N2O4S. The van der Waals surface area contributed by atoms with Gasteiger partial charge in [-0.25, -0.2) is 0 Å². The van der Waals surface area contributed by atoms with Gasteiger partial charge in [-0.15, -0.1) is 11.3 Å². The molecule has 1 aromatic heterocycles. The summed E-state index contributed by atoms with van der Waals surface area (Å²) >= 11 is 1.29. The third-order valence-electron chi connectivity index (χ3n) is 6.48. The predicted molar refractivity (Wildman–Crippen MR) is 121 cm³/mol. The molecule has 4 N–H and O–H groups in total. The summed E-state index contributed by atoms with van der Waals surface area (Å²) in [6, 6.07) is 7.98. The maximum Gasteiger partial charge on any atom is 0.307 e. The summed E-state index contributed by atoms with van der Waals surface area (Å²) < 4.78 is 0. The molecule has 2 aromatic rings. The van der Waals surface area contributed by atoms with Crippen LogP contribution in [0.4, 0.5) is 5.00 Å². The van der Waals surface area contributed by atoms with Crippen molar-refractivity contribution in [1.82, 2.24) is 0 Å². The molecule has 4 rings (SSSR count). The second-order valence-corrected chi connectivity index (χ2v) is 9.93. The lowest BCUT2D eigenvalue weighted by Crippen LogP contribution is -2.36. The Morgan fingerprint density at radius 1 is 1.10 bits per heavy atom. The van der Waals surface area contributed by atoms with Crippen molar-refractivity contribution in [3.63, 3.8) is 0 Å². The fourth-order valence-electron chi connectivity index (χ4n) is 4.96. The quantitative estimate of drug-likeness (QED) is 0.580. The molecule has 2 bridgehead atoms. The summed E-state index contributed by atoms with van der Waals surface area (Å²) in [4.78, 5) is 38.1. The lowest BCUT2D eigenvalue weighted by atomic mass is 9.82. The van der Waals surface area contributed by atoms with E-state index in [1.165, 1.54) is 16.9 Å². The fourth-order valence-corrected chi connectivity index (χ4v) is 6.05. The summed E-state index contributed by atoms with van der Waals surface area (Å²) in [5.74, 6) is -3.15. The van der Waals surface area contributed by atoms with E-state index < -0.39 is 23.7 Å². The second-order valence-electron chi connectivity index (χ2n) is 8.71. The van der Waals surface area contributed by atoms with E-state index in [0.717, 1.165) is 10.4 Å². The molecule has 2 amide bonds. The van der Waals surface area contributed by atoms with Crippen molar-refractivity contribution in [3.05, 3.63) is 52.4 Å². The van der Waals surface area contributed by atoms with Gasteiger partial charge in [-0.2, -0.15) is 0 Å². The van der Waals surface area contributed by atoms with Crippen molar-refractivity contribution in [2.75, 3.05) is 5.32 Å². The molecule has 31 heavy (non-hydrogen) atoms. The van der Waals surface area contributed by atoms with Crippen molar-refractivity contribution >= 4 is 34.1 Å². The van der Waals surface area contributed by atoms with Crippen molar-refractivity contribution in [2.45, 2.75) is 33.1 Å². The average Bonchev–Trinajstić information content (AvgIpc) is 3.40. The third kappa shape index (κ3) is 3.67. The molecule has 1 heterocycles. The number of carboxylic acid groups (broad SMARTS) is 1. The van der Waals surface area contributed by atoms with E-state index in [1.54, 1.807) is 0 Å². The van der Waals surface area contributed by atoms with Gasteiger partial charge in [0, 0.05) is 10.4 Å². The van der Waals surface area contributed by atoms with Gasteiger partial charge in [-0.05, 0) is 42.2 Å². The molecule has 0 radical (unpaired) electrons. The van der Waals surface area contributed by atoms with Crippen molar-refractivity contribution in [3.8, 4) is 11.1 Å². The lowest BCUT2D eigenvalue weighted by molar-refractivity contribution is -0.146. The number of allylic oxidation sites excluding steroid dienone is 2. The van der Waals surface area contributed by atoms with Crippen LogP contribution < -0.4 is 11.1 Å². The molecule has 0 aliphatic heterocycles. The van der Waals surface area contributed by atoms with Crippen LogP contribution >= 0.6 is 11.3 Å². The van der Waals surface area contributed by atoms with Crippen LogP contribution in [0.5, 0.6) is 0 Å². The summed E-state index contributed by atoms with van der Waals surface area (Å²) in [6.45, 7) is 6.12. The number of aliphatic carboxylic acids is 1. The number of hydrogen-bond acceptors (Lipinski definition) is 4. The van der Waals surface area contributed by atoms with Gasteiger partial charge in [0.15, 0.2) is 0 Å². The second kappa shape index (κ2) is 7.96. The molecule has 162 valence electrons. The largest absolute Gasteiger partial charge is 0.481 e. The normalized spacial score (nSPS) is 24.0. The molecule has 0 spiro atoms. The van der Waals surface area contributed by atoms with E-state index >= 15 is 0 Å². The molecule has 4 atom stereocenters. The smallest absolute Gasteiger partial charge is 0.307 e. The first-order chi connectivity index (χ1) is 14.7. The van der Waals surface area contributed by atoms with Crippen molar-refractivity contribution in [1.29, 1.82) is 0 Å². The highest BCUT2D eigenvalue weighted by Gasteiger charge is 2.51. The van der Waals surface area contributed by atoms with E-state index in [1.807, 2.05) is 43.3 Å². The topological polar surface area (TPSA) is 109 Å². The molecule has 1 saturated carbocycles. The van der Waals surface area contributed by atoms with E-state index in [2.05, 4.69) is 19.2 Å². The zero-order chi connectivity index (χ0) is 22.4. The average molecular weight is 439 g/mol. The van der Waals surface area contributed by atoms with E-state index in [9.17, 15) is 19.5 Å². The SMILES string of the molecule is Cc1sc(NC(=O)[C@H]2[C@@H](C(=O)O)[C@H]3C=C[C@H]2C3)c(C(N)=O)c1-c1ccc(C(C)C)cc1. The Labute approximate surface area is 185 Å². The fraction of sp³-hybridized carbons (Fsp3) is 0.375. The van der Waals surface area contributed by atoms with Crippen LogP contribution in [0, 0.1) is 30.6 Å². The summed E-state index contributed by atoms with van der Waals surface area (Å²) in [5.41, 5.74) is 8.76. The molecule has 1 fully saturated rings. The molecule has 6 nitrogen and oxygen atoms in total. The molecule has 7 heteroatoms. The van der Waals surface area contributed by atoms with Crippen LogP contribution in [0.2, 0.25) is 0 Å². The third-order valence-corrected chi connectivity index (χ3v) is 7.50. The van der Waals surface area contributed by atoms with Crippen molar-refractivity contribution in [2.24, 2.45) is 29.4 Å². The van der Waals surface area contributed by atoms with E-state index in [4.69, 9.17) is 5.73 Å². The number of anilines is 1. The van der Waals surface area contributed by atoms with Crippen LogP contribution in [-0.4, -0.2) is 22.9 Å². The number of primary amides is 1. The Morgan fingerprint density at radius 2 is 1.71 bits per heavy atom. The number of carbonyl (C=O) groups excluding carboxylic acids is 2. The lowest BCUT2D eigenvalue weighted by Gasteiger charge is -2.23. The van der Waals surface area contributed by atoms with Crippen LogP contribution in [0.1, 0.15) is 47.0 Å². The molecular weight excluding hydrogens is 412 g/mol. The molecule has 0 unspecified atom stereocenters. The number of aryl methyl sites for hydroxylation is 1. The summed E-state index contributed by atoms with van der Waals surface area (Å²) in [5, 5.41) is 12.9. The molecule has 2 aliphatic rings. The first-order valence-corrected chi connectivity index (χ1v) is 11.3. The number of rotatable bonds is 6. The van der Waals surface area contributed by atoms with E-state index in [0.29, 0.717) is 22.9 Å². The number of benzene rings is 1. The van der Waals surface area contributed by atoms with Gasteiger partial charge in [0.05, 0.1) is 17.4 Å². The van der Waals surface area contributed by atoms with Crippen LogP contribution in [-0.2, 0) is 9.59 Å².